The molecule has 4 aromatic rings. The van der Waals surface area contributed by atoms with E-state index in [2.05, 4.69) is 26.9 Å². The van der Waals surface area contributed by atoms with Gasteiger partial charge in [0.1, 0.15) is 17.8 Å². The molecule has 0 bridgehead atoms. The molecule has 0 N–H and O–H groups in total. The van der Waals surface area contributed by atoms with Crippen LogP contribution in [0.25, 0.3) is 33.5 Å². The van der Waals surface area contributed by atoms with Crippen molar-refractivity contribution in [1.82, 2.24) is 29.5 Å². The van der Waals surface area contributed by atoms with Crippen LogP contribution in [0, 0.1) is 5.92 Å². The number of benzene rings is 1. The number of nitrogens with zero attached hydrogens (tertiary/aromatic N) is 7. The molecule has 0 spiro atoms. The maximum Gasteiger partial charge on any atom is 0.416 e. The first kappa shape index (κ1) is 19.5. The number of aryl methyl sites for hydroxylation is 2. The molecule has 1 saturated heterocycles. The molecule has 0 radical (unpaired) electrons. The quantitative estimate of drug-likeness (QED) is 0.496. The van der Waals surface area contributed by atoms with Crippen molar-refractivity contribution < 1.29 is 13.2 Å². The van der Waals surface area contributed by atoms with Gasteiger partial charge in [0.25, 0.3) is 0 Å². The lowest BCUT2D eigenvalue weighted by Gasteiger charge is -2.38. The summed E-state index contributed by atoms with van der Waals surface area (Å²) in [7, 11) is 3.58. The fourth-order valence-corrected chi connectivity index (χ4v) is 4.14. The second-order valence-corrected chi connectivity index (χ2v) is 7.98. The Morgan fingerprint density at radius 3 is 2.35 bits per heavy atom. The summed E-state index contributed by atoms with van der Waals surface area (Å²) in [6.07, 6.45) is -1.16. The smallest absolute Gasteiger partial charge is 0.355 e. The van der Waals surface area contributed by atoms with Gasteiger partial charge in [0, 0.05) is 38.3 Å². The fourth-order valence-electron chi connectivity index (χ4n) is 4.14. The van der Waals surface area contributed by atoms with Gasteiger partial charge in [0.2, 0.25) is 0 Å². The summed E-state index contributed by atoms with van der Waals surface area (Å²) in [6, 6.07) is 5.09. The van der Waals surface area contributed by atoms with Gasteiger partial charge < -0.3 is 4.90 Å². The molecule has 0 unspecified atom stereocenters. The maximum atomic E-state index is 13.0. The average Bonchev–Trinajstić information content (AvgIpc) is 3.25. The molecular formula is C21H20F3N7. The monoisotopic (exact) mass is 427 g/mol. The van der Waals surface area contributed by atoms with Crippen LogP contribution in [0.2, 0.25) is 0 Å². The van der Waals surface area contributed by atoms with E-state index in [4.69, 9.17) is 5.10 Å². The summed E-state index contributed by atoms with van der Waals surface area (Å²) < 4.78 is 42.3. The number of hydrogen-bond acceptors (Lipinski definition) is 5. The number of aromatic nitrogens is 6. The van der Waals surface area contributed by atoms with Gasteiger partial charge >= 0.3 is 6.18 Å². The van der Waals surface area contributed by atoms with Crippen LogP contribution in [0.3, 0.4) is 0 Å². The summed E-state index contributed by atoms with van der Waals surface area (Å²) in [5.41, 5.74) is 2.69. The van der Waals surface area contributed by atoms with Crippen molar-refractivity contribution in [3.63, 3.8) is 0 Å². The van der Waals surface area contributed by atoms with Crippen LogP contribution < -0.4 is 4.90 Å². The average molecular weight is 427 g/mol. The molecule has 5 rings (SSSR count). The summed E-state index contributed by atoms with van der Waals surface area (Å²) in [5.74, 6) is 1.40. The van der Waals surface area contributed by atoms with E-state index in [1.165, 1.54) is 18.5 Å². The van der Waals surface area contributed by atoms with Crippen molar-refractivity contribution in [3.8, 4) is 22.5 Å². The van der Waals surface area contributed by atoms with Crippen molar-refractivity contribution in [2.45, 2.75) is 13.1 Å². The zero-order valence-electron chi connectivity index (χ0n) is 17.2. The minimum Gasteiger partial charge on any atom is -0.355 e. The molecule has 1 aliphatic rings. The molecule has 7 nitrogen and oxygen atoms in total. The Morgan fingerprint density at radius 1 is 1.00 bits per heavy atom. The zero-order valence-corrected chi connectivity index (χ0v) is 17.2. The highest BCUT2D eigenvalue weighted by Gasteiger charge is 2.31. The highest BCUT2D eigenvalue weighted by Crippen LogP contribution is 2.40. The Hall–Kier alpha value is -3.43. The first-order valence-electron chi connectivity index (χ1n) is 9.86. The SMILES string of the molecule is CC1CN(c2ncnc3c2c(-c2cnn(C)c2-c2ccc(C(F)(F)F)cc2)nn3C)C1. The van der Waals surface area contributed by atoms with Gasteiger partial charge in [0.05, 0.1) is 22.8 Å². The number of halogens is 3. The topological polar surface area (TPSA) is 64.7 Å². The number of anilines is 1. The van der Waals surface area contributed by atoms with E-state index < -0.39 is 11.7 Å². The predicted molar refractivity (Wildman–Crippen MR) is 110 cm³/mol. The first-order chi connectivity index (χ1) is 14.7. The van der Waals surface area contributed by atoms with Crippen molar-refractivity contribution in [2.75, 3.05) is 18.0 Å². The van der Waals surface area contributed by atoms with Crippen LogP contribution >= 0.6 is 0 Å². The molecule has 0 atom stereocenters. The van der Waals surface area contributed by atoms with Crippen LogP contribution in [-0.4, -0.2) is 42.6 Å². The minimum atomic E-state index is -4.38. The molecule has 160 valence electrons. The van der Waals surface area contributed by atoms with Crippen LogP contribution in [0.1, 0.15) is 12.5 Å². The second-order valence-electron chi connectivity index (χ2n) is 7.98. The Labute approximate surface area is 176 Å². The van der Waals surface area contributed by atoms with E-state index in [0.717, 1.165) is 42.0 Å². The first-order valence-corrected chi connectivity index (χ1v) is 9.86. The largest absolute Gasteiger partial charge is 0.416 e. The standard InChI is InChI=1S/C21H20F3N7/c1-12-9-31(10-12)20-16-17(28-30(3)19(16)25-11-26-20)15-8-27-29(2)18(15)13-4-6-14(7-5-13)21(22,23)24/h4-8,11-12H,9-10H2,1-3H3. The Morgan fingerprint density at radius 2 is 1.71 bits per heavy atom. The van der Waals surface area contributed by atoms with Gasteiger partial charge in [-0.2, -0.15) is 23.4 Å². The highest BCUT2D eigenvalue weighted by atomic mass is 19.4. The summed E-state index contributed by atoms with van der Waals surface area (Å²) >= 11 is 0. The van der Waals surface area contributed by atoms with Gasteiger partial charge in [-0.05, 0) is 18.1 Å². The Kier molecular flexibility index (Phi) is 4.28. The lowest BCUT2D eigenvalue weighted by Crippen LogP contribution is -2.45. The number of hydrogen-bond donors (Lipinski definition) is 0. The van der Waals surface area contributed by atoms with Gasteiger partial charge in [-0.3, -0.25) is 4.68 Å². The molecule has 3 aromatic heterocycles. The van der Waals surface area contributed by atoms with Gasteiger partial charge in [-0.15, -0.1) is 0 Å². The molecule has 1 aromatic carbocycles. The van der Waals surface area contributed by atoms with Crippen molar-refractivity contribution in [3.05, 3.63) is 42.4 Å². The van der Waals surface area contributed by atoms with Gasteiger partial charge in [0.15, 0.2) is 5.65 Å². The molecule has 1 fully saturated rings. The zero-order chi connectivity index (χ0) is 21.9. The molecule has 0 amide bonds. The van der Waals surface area contributed by atoms with Gasteiger partial charge in [-0.1, -0.05) is 19.1 Å². The van der Waals surface area contributed by atoms with Gasteiger partial charge in [-0.25, -0.2) is 14.6 Å². The third kappa shape index (κ3) is 3.13. The highest BCUT2D eigenvalue weighted by molar-refractivity contribution is 6.02. The maximum absolute atomic E-state index is 13.0. The van der Waals surface area contributed by atoms with E-state index in [1.807, 2.05) is 7.05 Å². The van der Waals surface area contributed by atoms with E-state index in [9.17, 15) is 13.2 Å². The van der Waals surface area contributed by atoms with Crippen LogP contribution in [0.5, 0.6) is 0 Å². The predicted octanol–water partition coefficient (Wildman–Crippen LogP) is 3.91. The van der Waals surface area contributed by atoms with Crippen molar-refractivity contribution in [1.29, 1.82) is 0 Å². The lowest BCUT2D eigenvalue weighted by atomic mass is 10.0. The molecule has 0 saturated carbocycles. The number of alkyl halides is 3. The van der Waals surface area contributed by atoms with E-state index >= 15 is 0 Å². The van der Waals surface area contributed by atoms with E-state index in [-0.39, 0.29) is 0 Å². The second kappa shape index (κ2) is 6.79. The minimum absolute atomic E-state index is 0.589. The third-order valence-electron chi connectivity index (χ3n) is 5.64. The van der Waals surface area contributed by atoms with E-state index in [0.29, 0.717) is 28.5 Å². The molecule has 31 heavy (non-hydrogen) atoms. The summed E-state index contributed by atoms with van der Waals surface area (Å²) in [4.78, 5) is 11.1. The van der Waals surface area contributed by atoms with Crippen LogP contribution in [0.4, 0.5) is 19.0 Å². The van der Waals surface area contributed by atoms with Crippen molar-refractivity contribution >= 4 is 16.9 Å². The fraction of sp³-hybridized carbons (Fsp3) is 0.333. The Bertz CT molecular complexity index is 1260. The lowest BCUT2D eigenvalue weighted by molar-refractivity contribution is -0.137. The van der Waals surface area contributed by atoms with Crippen molar-refractivity contribution in [2.24, 2.45) is 20.0 Å². The van der Waals surface area contributed by atoms with Crippen LogP contribution in [0.15, 0.2) is 36.8 Å². The van der Waals surface area contributed by atoms with E-state index in [1.54, 1.807) is 22.6 Å². The molecule has 0 aliphatic carbocycles. The summed E-state index contributed by atoms with van der Waals surface area (Å²) in [6.45, 7) is 3.99. The summed E-state index contributed by atoms with van der Waals surface area (Å²) in [5, 5.41) is 9.88. The molecule has 10 heteroatoms. The Balaban J connectivity index is 1.68. The third-order valence-corrected chi connectivity index (χ3v) is 5.64. The normalized spacial score (nSPS) is 15.0. The molecular weight excluding hydrogens is 407 g/mol. The number of fused-ring (bicyclic) bond motifs is 1. The molecule has 4 heterocycles. The van der Waals surface area contributed by atoms with Crippen LogP contribution in [-0.2, 0) is 20.3 Å². The molecule has 1 aliphatic heterocycles. The number of rotatable bonds is 3.